The van der Waals surface area contributed by atoms with Gasteiger partial charge >= 0.3 is 5.97 Å². The van der Waals surface area contributed by atoms with Gasteiger partial charge in [0.05, 0.1) is 6.54 Å². The number of piperidine rings is 1. The molecule has 2 atom stereocenters. The molecule has 0 bridgehead atoms. The Balaban J connectivity index is 1.76. The van der Waals surface area contributed by atoms with Crippen LogP contribution in [0.4, 0.5) is 0 Å². The summed E-state index contributed by atoms with van der Waals surface area (Å²) >= 11 is 1.68. The first-order chi connectivity index (χ1) is 10.1. The van der Waals surface area contributed by atoms with E-state index in [9.17, 15) is 14.7 Å². The number of nitrogens with zero attached hydrogens (tertiary/aromatic N) is 1. The minimum absolute atomic E-state index is 0.0904. The summed E-state index contributed by atoms with van der Waals surface area (Å²) in [6, 6.07) is 3.51. The topological polar surface area (TPSA) is 69.6 Å². The van der Waals surface area contributed by atoms with Crippen LogP contribution in [0.3, 0.4) is 0 Å². The molecule has 21 heavy (non-hydrogen) atoms. The second-order valence-corrected chi connectivity index (χ2v) is 6.67. The Hall–Kier alpha value is -1.40. The quantitative estimate of drug-likeness (QED) is 0.837. The monoisotopic (exact) mass is 310 g/mol. The van der Waals surface area contributed by atoms with E-state index in [4.69, 9.17) is 0 Å². The molecule has 0 aromatic carbocycles. The predicted octanol–water partition coefficient (Wildman–Crippen LogP) is 1.59. The minimum Gasteiger partial charge on any atom is -0.480 e. The van der Waals surface area contributed by atoms with Crippen molar-refractivity contribution in [3.05, 3.63) is 22.4 Å². The number of amides is 1. The van der Waals surface area contributed by atoms with E-state index in [1.54, 1.807) is 16.2 Å². The highest BCUT2D eigenvalue weighted by atomic mass is 32.1. The van der Waals surface area contributed by atoms with Crippen molar-refractivity contribution in [2.24, 2.45) is 5.92 Å². The van der Waals surface area contributed by atoms with Crippen molar-refractivity contribution >= 4 is 23.2 Å². The minimum atomic E-state index is -0.826. The first-order valence-corrected chi connectivity index (χ1v) is 8.20. The molecule has 0 spiro atoms. The third-order valence-electron chi connectivity index (χ3n) is 3.88. The summed E-state index contributed by atoms with van der Waals surface area (Å²) in [5.74, 6) is -0.510. The molecule has 1 aromatic rings. The van der Waals surface area contributed by atoms with E-state index >= 15 is 0 Å². The van der Waals surface area contributed by atoms with Crippen molar-refractivity contribution in [2.45, 2.75) is 32.2 Å². The van der Waals surface area contributed by atoms with Crippen LogP contribution in [0.25, 0.3) is 0 Å². The highest BCUT2D eigenvalue weighted by Gasteiger charge is 2.32. The molecule has 116 valence electrons. The molecule has 2 rings (SSSR count). The van der Waals surface area contributed by atoms with Crippen molar-refractivity contribution in [2.75, 3.05) is 19.6 Å². The van der Waals surface area contributed by atoms with Gasteiger partial charge in [0.15, 0.2) is 0 Å². The number of carbonyl (C=O) groups is 2. The zero-order valence-electron chi connectivity index (χ0n) is 12.2. The summed E-state index contributed by atoms with van der Waals surface area (Å²) in [5.41, 5.74) is 0. The van der Waals surface area contributed by atoms with E-state index in [0.717, 1.165) is 12.8 Å². The number of likely N-dealkylation sites (tertiary alicyclic amines) is 1. The van der Waals surface area contributed by atoms with Crippen LogP contribution < -0.4 is 5.32 Å². The van der Waals surface area contributed by atoms with E-state index in [1.165, 1.54) is 4.88 Å². The van der Waals surface area contributed by atoms with Gasteiger partial charge in [-0.15, -0.1) is 11.3 Å². The Kier molecular flexibility index (Phi) is 5.76. The zero-order valence-corrected chi connectivity index (χ0v) is 13.1. The summed E-state index contributed by atoms with van der Waals surface area (Å²) < 4.78 is 0. The first kappa shape index (κ1) is 16.0. The third-order valence-corrected chi connectivity index (χ3v) is 4.82. The second kappa shape index (κ2) is 7.56. The number of thiophene rings is 1. The summed E-state index contributed by atoms with van der Waals surface area (Å²) in [6.07, 6.45) is 2.40. The van der Waals surface area contributed by atoms with Gasteiger partial charge in [-0.3, -0.25) is 14.5 Å². The van der Waals surface area contributed by atoms with Gasteiger partial charge in [0, 0.05) is 11.4 Å². The molecular weight excluding hydrogens is 288 g/mol. The number of carbonyl (C=O) groups excluding carboxylic acids is 1. The van der Waals surface area contributed by atoms with Gasteiger partial charge < -0.3 is 10.4 Å². The molecule has 2 unspecified atom stereocenters. The molecule has 0 saturated carbocycles. The molecule has 1 aromatic heterocycles. The van der Waals surface area contributed by atoms with Crippen LogP contribution in [0.5, 0.6) is 0 Å². The smallest absolute Gasteiger partial charge is 0.320 e. The van der Waals surface area contributed by atoms with E-state index < -0.39 is 12.0 Å². The van der Waals surface area contributed by atoms with Crippen molar-refractivity contribution in [1.29, 1.82) is 0 Å². The van der Waals surface area contributed by atoms with E-state index in [2.05, 4.69) is 12.2 Å². The normalized spacial score (nSPS) is 22.9. The van der Waals surface area contributed by atoms with Crippen LogP contribution >= 0.6 is 11.3 Å². The Labute approximate surface area is 129 Å². The molecule has 0 radical (unpaired) electrons. The maximum atomic E-state index is 11.9. The van der Waals surface area contributed by atoms with Crippen molar-refractivity contribution < 1.29 is 14.7 Å². The van der Waals surface area contributed by atoms with Crippen LogP contribution in [0, 0.1) is 5.92 Å². The molecule has 1 fully saturated rings. The fourth-order valence-corrected chi connectivity index (χ4v) is 3.37. The fraction of sp³-hybridized carbons (Fsp3) is 0.600. The van der Waals surface area contributed by atoms with Crippen molar-refractivity contribution in [3.8, 4) is 0 Å². The van der Waals surface area contributed by atoms with Gasteiger partial charge in [-0.2, -0.15) is 0 Å². The second-order valence-electron chi connectivity index (χ2n) is 5.63. The van der Waals surface area contributed by atoms with Crippen molar-refractivity contribution in [1.82, 2.24) is 10.2 Å². The van der Waals surface area contributed by atoms with Crippen LogP contribution in [0.2, 0.25) is 0 Å². The summed E-state index contributed by atoms with van der Waals surface area (Å²) in [7, 11) is 0. The Bertz CT molecular complexity index is 475. The lowest BCUT2D eigenvalue weighted by Gasteiger charge is -2.35. The van der Waals surface area contributed by atoms with Crippen LogP contribution in [0.1, 0.15) is 24.6 Å². The molecule has 5 nitrogen and oxygen atoms in total. The molecule has 6 heteroatoms. The summed E-state index contributed by atoms with van der Waals surface area (Å²) in [5, 5.41) is 14.2. The van der Waals surface area contributed by atoms with Gasteiger partial charge in [-0.25, -0.2) is 0 Å². The maximum absolute atomic E-state index is 11.9. The lowest BCUT2D eigenvalue weighted by Crippen LogP contribution is -2.50. The Morgan fingerprint density at radius 3 is 3.00 bits per heavy atom. The van der Waals surface area contributed by atoms with Crippen LogP contribution in [0.15, 0.2) is 17.5 Å². The van der Waals surface area contributed by atoms with Crippen LogP contribution in [-0.2, 0) is 16.0 Å². The van der Waals surface area contributed by atoms with Crippen LogP contribution in [-0.4, -0.2) is 47.6 Å². The zero-order chi connectivity index (χ0) is 15.2. The summed E-state index contributed by atoms with van der Waals surface area (Å²) in [6.45, 7) is 3.51. The van der Waals surface area contributed by atoms with E-state index in [-0.39, 0.29) is 12.5 Å². The Morgan fingerprint density at radius 2 is 2.33 bits per heavy atom. The molecule has 1 aliphatic heterocycles. The predicted molar refractivity (Wildman–Crippen MR) is 82.4 cm³/mol. The average Bonchev–Trinajstić information content (AvgIpc) is 2.94. The number of hydrogen-bond donors (Lipinski definition) is 2. The molecule has 0 aliphatic carbocycles. The third kappa shape index (κ3) is 4.82. The average molecular weight is 310 g/mol. The maximum Gasteiger partial charge on any atom is 0.320 e. The fourth-order valence-electron chi connectivity index (χ4n) is 2.66. The SMILES string of the molecule is CC1CCN(CC(=O)NCCc2cccs2)C(C(=O)O)C1. The lowest BCUT2D eigenvalue weighted by atomic mass is 9.92. The largest absolute Gasteiger partial charge is 0.480 e. The number of carboxylic acid groups (broad SMARTS) is 1. The van der Waals surface area contributed by atoms with Gasteiger partial charge in [-0.05, 0) is 43.2 Å². The molecule has 2 heterocycles. The van der Waals surface area contributed by atoms with E-state index in [1.807, 2.05) is 17.5 Å². The van der Waals surface area contributed by atoms with Gasteiger partial charge in [-0.1, -0.05) is 13.0 Å². The first-order valence-electron chi connectivity index (χ1n) is 7.32. The molecule has 1 amide bonds. The van der Waals surface area contributed by atoms with Gasteiger partial charge in [0.1, 0.15) is 6.04 Å². The lowest BCUT2D eigenvalue weighted by molar-refractivity contribution is -0.146. The standard InChI is InChI=1S/C15H22N2O3S/c1-11-5-7-17(13(9-11)15(19)20)10-14(18)16-6-4-12-3-2-8-21-12/h2-3,8,11,13H,4-7,9-10H2,1H3,(H,16,18)(H,19,20). The number of carboxylic acids is 1. The number of nitrogens with one attached hydrogen (secondary N) is 1. The molecule has 1 saturated heterocycles. The van der Waals surface area contributed by atoms with E-state index in [0.29, 0.717) is 25.4 Å². The molecule has 2 N–H and O–H groups in total. The van der Waals surface area contributed by atoms with Gasteiger partial charge in [0.2, 0.25) is 5.91 Å². The number of hydrogen-bond acceptors (Lipinski definition) is 4. The Morgan fingerprint density at radius 1 is 1.52 bits per heavy atom. The van der Waals surface area contributed by atoms with Crippen molar-refractivity contribution in [3.63, 3.8) is 0 Å². The molecular formula is C15H22N2O3S. The number of rotatable bonds is 6. The summed E-state index contributed by atoms with van der Waals surface area (Å²) in [4.78, 5) is 26.3. The number of aliphatic carboxylic acids is 1. The molecule has 1 aliphatic rings. The van der Waals surface area contributed by atoms with Gasteiger partial charge in [0.25, 0.3) is 0 Å². The highest BCUT2D eigenvalue weighted by Crippen LogP contribution is 2.22. The highest BCUT2D eigenvalue weighted by molar-refractivity contribution is 7.09.